The first-order chi connectivity index (χ1) is 9.24. The topological polar surface area (TPSA) is 61.4 Å². The Morgan fingerprint density at radius 3 is 2.30 bits per heavy atom. The summed E-state index contributed by atoms with van der Waals surface area (Å²) in [5.74, 6) is 0.582. The van der Waals surface area contributed by atoms with Gasteiger partial charge in [0.2, 0.25) is 5.91 Å². The lowest BCUT2D eigenvalue weighted by atomic mass is 9.78. The molecule has 1 atom stereocenters. The first kappa shape index (κ1) is 16.8. The number of carbonyl (C=O) groups is 2. The van der Waals surface area contributed by atoms with Crippen LogP contribution in [0.5, 0.6) is 0 Å². The van der Waals surface area contributed by atoms with Crippen LogP contribution in [0.3, 0.4) is 0 Å². The third-order valence-electron chi connectivity index (χ3n) is 4.32. The SMILES string of the molecule is C[C@H](NC(=O)NCC(C)(C)C1CCCC1)C(=O)N(C)C. The van der Waals surface area contributed by atoms with E-state index in [1.807, 2.05) is 0 Å². The molecule has 1 aliphatic rings. The predicted octanol–water partition coefficient (Wildman–Crippen LogP) is 1.98. The molecule has 20 heavy (non-hydrogen) atoms. The number of carbonyl (C=O) groups excluding carboxylic acids is 2. The molecule has 0 aromatic carbocycles. The summed E-state index contributed by atoms with van der Waals surface area (Å²) in [5, 5.41) is 5.59. The maximum absolute atomic E-state index is 11.8. The van der Waals surface area contributed by atoms with Crippen LogP contribution in [0.1, 0.15) is 46.5 Å². The number of likely N-dealkylation sites (N-methyl/N-ethyl adjacent to an activating group) is 1. The Morgan fingerprint density at radius 2 is 1.80 bits per heavy atom. The van der Waals surface area contributed by atoms with Gasteiger partial charge in [-0.25, -0.2) is 4.79 Å². The molecule has 3 amide bonds. The van der Waals surface area contributed by atoms with Gasteiger partial charge in [-0.1, -0.05) is 26.7 Å². The third-order valence-corrected chi connectivity index (χ3v) is 4.32. The van der Waals surface area contributed by atoms with Gasteiger partial charge in [0, 0.05) is 20.6 Å². The van der Waals surface area contributed by atoms with Crippen LogP contribution in [0.25, 0.3) is 0 Å². The van der Waals surface area contributed by atoms with Crippen molar-refractivity contribution in [2.24, 2.45) is 11.3 Å². The minimum atomic E-state index is -0.500. The lowest BCUT2D eigenvalue weighted by Crippen LogP contribution is -2.50. The fourth-order valence-electron chi connectivity index (χ4n) is 2.86. The quantitative estimate of drug-likeness (QED) is 0.810. The second-order valence-electron chi connectivity index (χ2n) is 6.75. The van der Waals surface area contributed by atoms with E-state index >= 15 is 0 Å². The van der Waals surface area contributed by atoms with Crippen molar-refractivity contribution >= 4 is 11.9 Å². The fraction of sp³-hybridized carbons (Fsp3) is 0.867. The summed E-state index contributed by atoms with van der Waals surface area (Å²) in [4.78, 5) is 25.0. The normalized spacial score (nSPS) is 17.6. The van der Waals surface area contributed by atoms with E-state index in [2.05, 4.69) is 24.5 Å². The Labute approximate surface area is 122 Å². The summed E-state index contributed by atoms with van der Waals surface area (Å²) < 4.78 is 0. The molecule has 0 saturated heterocycles. The molecule has 1 rings (SSSR count). The molecule has 1 aliphatic carbocycles. The second-order valence-corrected chi connectivity index (χ2v) is 6.75. The smallest absolute Gasteiger partial charge is 0.315 e. The fourth-order valence-corrected chi connectivity index (χ4v) is 2.86. The van der Waals surface area contributed by atoms with Crippen molar-refractivity contribution in [2.75, 3.05) is 20.6 Å². The van der Waals surface area contributed by atoms with Gasteiger partial charge >= 0.3 is 6.03 Å². The molecule has 0 radical (unpaired) electrons. The van der Waals surface area contributed by atoms with E-state index < -0.39 is 6.04 Å². The van der Waals surface area contributed by atoms with Gasteiger partial charge in [0.1, 0.15) is 6.04 Å². The van der Waals surface area contributed by atoms with Gasteiger partial charge in [-0.05, 0) is 31.1 Å². The van der Waals surface area contributed by atoms with Crippen LogP contribution >= 0.6 is 0 Å². The Morgan fingerprint density at radius 1 is 1.25 bits per heavy atom. The molecule has 116 valence electrons. The molecule has 1 saturated carbocycles. The zero-order valence-corrected chi connectivity index (χ0v) is 13.5. The highest BCUT2D eigenvalue weighted by molar-refractivity contribution is 5.86. The van der Waals surface area contributed by atoms with Crippen molar-refractivity contribution in [2.45, 2.75) is 52.5 Å². The van der Waals surface area contributed by atoms with Crippen molar-refractivity contribution in [1.82, 2.24) is 15.5 Å². The second kappa shape index (κ2) is 6.95. The minimum absolute atomic E-state index is 0.102. The van der Waals surface area contributed by atoms with E-state index in [4.69, 9.17) is 0 Å². The van der Waals surface area contributed by atoms with Gasteiger partial charge in [-0.15, -0.1) is 0 Å². The number of hydrogen-bond donors (Lipinski definition) is 2. The summed E-state index contributed by atoms with van der Waals surface area (Å²) in [6.45, 7) is 6.76. The Balaban J connectivity index is 2.37. The zero-order chi connectivity index (χ0) is 15.3. The van der Waals surface area contributed by atoms with Crippen LogP contribution < -0.4 is 10.6 Å². The van der Waals surface area contributed by atoms with Crippen molar-refractivity contribution < 1.29 is 9.59 Å². The van der Waals surface area contributed by atoms with Crippen molar-refractivity contribution in [3.63, 3.8) is 0 Å². The number of nitrogens with zero attached hydrogens (tertiary/aromatic N) is 1. The van der Waals surface area contributed by atoms with Crippen molar-refractivity contribution in [1.29, 1.82) is 0 Å². The zero-order valence-electron chi connectivity index (χ0n) is 13.5. The standard InChI is InChI=1S/C15H29N3O2/c1-11(13(19)18(4)5)17-14(20)16-10-15(2,3)12-8-6-7-9-12/h11-12H,6-10H2,1-5H3,(H2,16,17,20)/t11-/m0/s1. The highest BCUT2D eigenvalue weighted by Crippen LogP contribution is 2.38. The number of urea groups is 1. The van der Waals surface area contributed by atoms with Crippen molar-refractivity contribution in [3.8, 4) is 0 Å². The average molecular weight is 283 g/mol. The highest BCUT2D eigenvalue weighted by atomic mass is 16.2. The molecule has 0 aliphatic heterocycles. The summed E-state index contributed by atoms with van der Waals surface area (Å²) in [6, 6.07) is -0.765. The first-order valence-electron chi connectivity index (χ1n) is 7.49. The number of amides is 3. The first-order valence-corrected chi connectivity index (χ1v) is 7.49. The van der Waals surface area contributed by atoms with Gasteiger partial charge in [0.15, 0.2) is 0 Å². The van der Waals surface area contributed by atoms with Crippen LogP contribution in [0, 0.1) is 11.3 Å². The lowest BCUT2D eigenvalue weighted by molar-refractivity contribution is -0.130. The van der Waals surface area contributed by atoms with E-state index in [0.717, 1.165) is 0 Å². The van der Waals surface area contributed by atoms with Crippen LogP contribution in [-0.2, 0) is 4.79 Å². The maximum Gasteiger partial charge on any atom is 0.315 e. The predicted molar refractivity (Wildman–Crippen MR) is 80.4 cm³/mol. The molecule has 0 unspecified atom stereocenters. The van der Waals surface area contributed by atoms with Crippen LogP contribution in [0.2, 0.25) is 0 Å². The monoisotopic (exact) mass is 283 g/mol. The van der Waals surface area contributed by atoms with Gasteiger partial charge in [-0.3, -0.25) is 4.79 Å². The van der Waals surface area contributed by atoms with E-state index in [-0.39, 0.29) is 17.4 Å². The third kappa shape index (κ3) is 4.69. The Bertz CT molecular complexity index is 347. The lowest BCUT2D eigenvalue weighted by Gasteiger charge is -2.32. The molecule has 5 nitrogen and oxygen atoms in total. The summed E-state index contributed by atoms with van der Waals surface area (Å²) >= 11 is 0. The molecule has 5 heteroatoms. The Hall–Kier alpha value is -1.26. The van der Waals surface area contributed by atoms with E-state index in [1.54, 1.807) is 21.0 Å². The number of rotatable bonds is 5. The molecule has 0 heterocycles. The molecular formula is C15H29N3O2. The molecule has 0 aromatic rings. The van der Waals surface area contributed by atoms with Gasteiger partial charge in [0.25, 0.3) is 0 Å². The number of hydrogen-bond acceptors (Lipinski definition) is 2. The van der Waals surface area contributed by atoms with Crippen LogP contribution in [-0.4, -0.2) is 43.5 Å². The van der Waals surface area contributed by atoms with Crippen LogP contribution in [0.15, 0.2) is 0 Å². The summed E-state index contributed by atoms with van der Waals surface area (Å²) in [7, 11) is 3.36. The molecule has 0 bridgehead atoms. The average Bonchev–Trinajstić information content (AvgIpc) is 2.90. The van der Waals surface area contributed by atoms with Gasteiger partial charge in [-0.2, -0.15) is 0 Å². The van der Waals surface area contributed by atoms with Gasteiger partial charge in [0.05, 0.1) is 0 Å². The minimum Gasteiger partial charge on any atom is -0.347 e. The molecule has 1 fully saturated rings. The van der Waals surface area contributed by atoms with Crippen molar-refractivity contribution in [3.05, 3.63) is 0 Å². The summed E-state index contributed by atoms with van der Waals surface area (Å²) in [5.41, 5.74) is 0.114. The largest absolute Gasteiger partial charge is 0.347 e. The maximum atomic E-state index is 11.8. The molecule has 0 aromatic heterocycles. The summed E-state index contributed by atoms with van der Waals surface area (Å²) in [6.07, 6.45) is 5.11. The van der Waals surface area contributed by atoms with E-state index in [0.29, 0.717) is 12.5 Å². The van der Waals surface area contributed by atoms with E-state index in [9.17, 15) is 9.59 Å². The van der Waals surface area contributed by atoms with Crippen LogP contribution in [0.4, 0.5) is 4.79 Å². The Kier molecular flexibility index (Phi) is 5.84. The molecule has 0 spiro atoms. The number of nitrogens with one attached hydrogen (secondary N) is 2. The van der Waals surface area contributed by atoms with Gasteiger partial charge < -0.3 is 15.5 Å². The molecular weight excluding hydrogens is 254 g/mol. The van der Waals surface area contributed by atoms with E-state index in [1.165, 1.54) is 30.6 Å². The highest BCUT2D eigenvalue weighted by Gasteiger charge is 2.32. The molecule has 2 N–H and O–H groups in total.